The largest absolute Gasteiger partial charge is 0.398 e. The molecule has 0 unspecified atom stereocenters. The molecule has 0 radical (unpaired) electrons. The van der Waals surface area contributed by atoms with Gasteiger partial charge in [-0.25, -0.2) is 0 Å². The second-order valence-electron chi connectivity index (χ2n) is 8.05. The summed E-state index contributed by atoms with van der Waals surface area (Å²) in [6, 6.07) is 27.0. The van der Waals surface area contributed by atoms with Gasteiger partial charge in [-0.15, -0.1) is 0 Å². The highest BCUT2D eigenvalue weighted by molar-refractivity contribution is 6.17. The lowest BCUT2D eigenvalue weighted by atomic mass is 9.82. The van der Waals surface area contributed by atoms with E-state index in [1.54, 1.807) is 0 Å². The first-order valence-corrected chi connectivity index (χ1v) is 9.59. The minimum absolute atomic E-state index is 0.0192. The molecule has 0 bridgehead atoms. The van der Waals surface area contributed by atoms with E-state index < -0.39 is 0 Å². The van der Waals surface area contributed by atoms with Crippen molar-refractivity contribution in [3.05, 3.63) is 101 Å². The monoisotopic (exact) mass is 362 g/mol. The second-order valence-corrected chi connectivity index (χ2v) is 8.05. The van der Waals surface area contributed by atoms with Crippen LogP contribution >= 0.6 is 0 Å². The third-order valence-corrected chi connectivity index (χ3v) is 6.11. The van der Waals surface area contributed by atoms with E-state index in [-0.39, 0.29) is 5.41 Å². The van der Waals surface area contributed by atoms with Gasteiger partial charge in [0.2, 0.25) is 0 Å². The van der Waals surface area contributed by atoms with E-state index >= 15 is 0 Å². The van der Waals surface area contributed by atoms with E-state index in [2.05, 4.69) is 56.3 Å². The van der Waals surface area contributed by atoms with Crippen molar-refractivity contribution in [2.45, 2.75) is 19.3 Å². The first kappa shape index (κ1) is 16.8. The summed E-state index contributed by atoms with van der Waals surface area (Å²) in [7, 11) is 0. The zero-order chi connectivity index (χ0) is 19.5. The molecule has 4 aromatic rings. The summed E-state index contributed by atoms with van der Waals surface area (Å²) in [5, 5.41) is 10.9. The molecule has 0 heterocycles. The van der Waals surface area contributed by atoms with Crippen molar-refractivity contribution in [3.8, 4) is 11.1 Å². The molecule has 4 aromatic carbocycles. The average Bonchev–Trinajstić information content (AvgIpc) is 2.95. The van der Waals surface area contributed by atoms with Gasteiger partial charge in [-0.2, -0.15) is 0 Å². The zero-order valence-corrected chi connectivity index (χ0v) is 16.1. The summed E-state index contributed by atoms with van der Waals surface area (Å²) in [6.07, 6.45) is 0. The van der Waals surface area contributed by atoms with E-state index in [9.17, 15) is 0 Å². The molecule has 0 amide bonds. The molecule has 3 N–H and O–H groups in total. The van der Waals surface area contributed by atoms with Gasteiger partial charge in [0.05, 0.1) is 5.71 Å². The highest BCUT2D eigenvalue weighted by Crippen LogP contribution is 2.48. The Morgan fingerprint density at radius 3 is 2.36 bits per heavy atom. The molecule has 0 aromatic heterocycles. The summed E-state index contributed by atoms with van der Waals surface area (Å²) >= 11 is 0. The predicted octanol–water partition coefficient (Wildman–Crippen LogP) is 6.14. The first-order valence-electron chi connectivity index (χ1n) is 9.59. The minimum atomic E-state index is -0.0192. The van der Waals surface area contributed by atoms with Crippen molar-refractivity contribution in [2.24, 2.45) is 0 Å². The fourth-order valence-electron chi connectivity index (χ4n) is 4.54. The van der Waals surface area contributed by atoms with Crippen LogP contribution in [0.5, 0.6) is 0 Å². The predicted molar refractivity (Wildman–Crippen MR) is 118 cm³/mol. The summed E-state index contributed by atoms with van der Waals surface area (Å²) in [5.74, 6) is 0. The lowest BCUT2D eigenvalue weighted by molar-refractivity contribution is 0.660. The van der Waals surface area contributed by atoms with Crippen LogP contribution in [0.25, 0.3) is 21.9 Å². The van der Waals surface area contributed by atoms with Crippen LogP contribution in [0, 0.1) is 5.41 Å². The SMILES string of the molecule is CC1(C)c2ccccc2-c2cc(C(=N)c3ccc4ccccc4c3N)ccc21. The van der Waals surface area contributed by atoms with Gasteiger partial charge < -0.3 is 5.73 Å². The number of fused-ring (bicyclic) bond motifs is 4. The van der Waals surface area contributed by atoms with Crippen LogP contribution in [-0.2, 0) is 5.41 Å². The third-order valence-electron chi connectivity index (χ3n) is 6.11. The molecule has 0 saturated heterocycles. The van der Waals surface area contributed by atoms with Crippen LogP contribution in [0.15, 0.2) is 78.9 Å². The molecule has 1 aliphatic carbocycles. The summed E-state index contributed by atoms with van der Waals surface area (Å²) in [5.41, 5.74) is 14.4. The Kier molecular flexibility index (Phi) is 3.47. The lowest BCUT2D eigenvalue weighted by Crippen LogP contribution is -2.15. The van der Waals surface area contributed by atoms with Gasteiger partial charge in [-0.3, -0.25) is 5.41 Å². The molecular weight excluding hydrogens is 340 g/mol. The summed E-state index contributed by atoms with van der Waals surface area (Å²) in [6.45, 7) is 4.54. The van der Waals surface area contributed by atoms with Gasteiger partial charge in [0.25, 0.3) is 0 Å². The highest BCUT2D eigenvalue weighted by atomic mass is 14.6. The number of nitrogens with two attached hydrogens (primary N) is 1. The van der Waals surface area contributed by atoms with Gasteiger partial charge in [-0.1, -0.05) is 86.6 Å². The molecule has 28 heavy (non-hydrogen) atoms. The van der Waals surface area contributed by atoms with Gasteiger partial charge in [0, 0.05) is 27.6 Å². The first-order chi connectivity index (χ1) is 13.5. The Morgan fingerprint density at radius 1 is 0.786 bits per heavy atom. The molecule has 0 saturated carbocycles. The molecule has 2 nitrogen and oxygen atoms in total. The smallest absolute Gasteiger partial charge is 0.0705 e. The number of hydrogen-bond acceptors (Lipinski definition) is 2. The lowest BCUT2D eigenvalue weighted by Gasteiger charge is -2.21. The topological polar surface area (TPSA) is 49.9 Å². The molecular formula is C26H22N2. The Labute approximate surface area is 165 Å². The van der Waals surface area contributed by atoms with Crippen molar-refractivity contribution >= 4 is 22.2 Å². The average molecular weight is 362 g/mol. The van der Waals surface area contributed by atoms with E-state index in [1.165, 1.54) is 22.3 Å². The molecule has 5 rings (SSSR count). The van der Waals surface area contributed by atoms with E-state index in [0.29, 0.717) is 11.4 Å². The maximum Gasteiger partial charge on any atom is 0.0705 e. The van der Waals surface area contributed by atoms with Crippen molar-refractivity contribution in [1.29, 1.82) is 5.41 Å². The molecule has 1 aliphatic rings. The standard InChI is InChI=1S/C26H22N2/c1-26(2)22-10-6-5-9-19(22)21-15-17(12-14-23(21)26)24(27)20-13-11-16-7-3-4-8-18(16)25(20)28/h3-15,27H,28H2,1-2H3. The van der Waals surface area contributed by atoms with Crippen LogP contribution in [0.3, 0.4) is 0 Å². The molecule has 0 aliphatic heterocycles. The maximum atomic E-state index is 8.85. The van der Waals surface area contributed by atoms with E-state index in [1.807, 2.05) is 36.4 Å². The van der Waals surface area contributed by atoms with Crippen molar-refractivity contribution in [1.82, 2.24) is 0 Å². The Balaban J connectivity index is 1.65. The fourth-order valence-corrected chi connectivity index (χ4v) is 4.54. The molecule has 136 valence electrons. The second kappa shape index (κ2) is 5.80. The van der Waals surface area contributed by atoms with Crippen molar-refractivity contribution in [2.75, 3.05) is 5.73 Å². The van der Waals surface area contributed by atoms with Crippen molar-refractivity contribution < 1.29 is 0 Å². The maximum absolute atomic E-state index is 8.85. The van der Waals surface area contributed by atoms with E-state index in [0.717, 1.165) is 21.9 Å². The van der Waals surface area contributed by atoms with Gasteiger partial charge in [0.15, 0.2) is 0 Å². The number of nitrogens with one attached hydrogen (secondary N) is 1. The Morgan fingerprint density at radius 2 is 1.50 bits per heavy atom. The van der Waals surface area contributed by atoms with Crippen LogP contribution in [-0.4, -0.2) is 5.71 Å². The fraction of sp³-hybridized carbons (Fsp3) is 0.115. The third kappa shape index (κ3) is 2.24. The Bertz CT molecular complexity index is 1260. The molecule has 0 atom stereocenters. The summed E-state index contributed by atoms with van der Waals surface area (Å²) in [4.78, 5) is 0. The number of rotatable bonds is 2. The number of benzene rings is 4. The Hall–Kier alpha value is -3.39. The normalized spacial score (nSPS) is 13.9. The van der Waals surface area contributed by atoms with Gasteiger partial charge in [-0.05, 0) is 33.7 Å². The zero-order valence-electron chi connectivity index (χ0n) is 16.1. The van der Waals surface area contributed by atoms with Crippen LogP contribution in [0.2, 0.25) is 0 Å². The number of nitrogen functional groups attached to an aromatic ring is 1. The number of hydrogen-bond donors (Lipinski definition) is 2. The summed E-state index contributed by atoms with van der Waals surface area (Å²) < 4.78 is 0. The van der Waals surface area contributed by atoms with Gasteiger partial charge in [0.1, 0.15) is 0 Å². The van der Waals surface area contributed by atoms with Crippen LogP contribution in [0.4, 0.5) is 5.69 Å². The van der Waals surface area contributed by atoms with Crippen molar-refractivity contribution in [3.63, 3.8) is 0 Å². The van der Waals surface area contributed by atoms with Crippen LogP contribution in [0.1, 0.15) is 36.1 Å². The molecule has 0 spiro atoms. The molecule has 2 heteroatoms. The number of anilines is 1. The quantitative estimate of drug-likeness (QED) is 0.326. The van der Waals surface area contributed by atoms with E-state index in [4.69, 9.17) is 11.1 Å². The minimum Gasteiger partial charge on any atom is -0.398 e. The molecule has 0 fully saturated rings. The highest BCUT2D eigenvalue weighted by Gasteiger charge is 2.35. The van der Waals surface area contributed by atoms with Gasteiger partial charge >= 0.3 is 0 Å². The van der Waals surface area contributed by atoms with Crippen LogP contribution < -0.4 is 5.73 Å².